The van der Waals surface area contributed by atoms with Crippen LogP contribution in [-0.2, 0) is 61.4 Å². The van der Waals surface area contributed by atoms with Gasteiger partial charge in [0.1, 0.15) is 28.7 Å². The number of hydrogen-bond acceptors (Lipinski definition) is 23. The quantitative estimate of drug-likeness (QED) is 0.0563. The highest BCUT2D eigenvalue weighted by atomic mass is 35.5. The highest BCUT2D eigenvalue weighted by molar-refractivity contribution is 6.35. The average Bonchev–Trinajstić information content (AvgIpc) is 1.58. The minimum atomic E-state index is -0.851. The predicted molar refractivity (Wildman–Crippen MR) is 461 cm³/mol. The Morgan fingerprint density at radius 3 is 1.28 bits per heavy atom. The molecule has 0 unspecified atom stereocenters. The number of hydrogen-bond donors (Lipinski definition) is 7. The number of aromatic nitrogens is 13. The number of nitrogens with two attached hydrogens (primary N) is 1. The van der Waals surface area contributed by atoms with Crippen LogP contribution >= 0.6 is 11.6 Å². The molecule has 650 valence electrons. The number of rotatable bonds is 13. The molecular weight excluding hydrogens is 1670 g/mol. The first-order valence-corrected chi connectivity index (χ1v) is 39.1. The molecule has 5 aromatic carbocycles. The fourth-order valence-corrected chi connectivity index (χ4v) is 13.1. The maximum Gasteiger partial charge on any atom is 0.417 e. The van der Waals surface area contributed by atoms with Gasteiger partial charge in [0.05, 0.1) is 223 Å². The summed E-state index contributed by atoms with van der Waals surface area (Å²) in [6.07, 6.45) is 14.3. The fourth-order valence-electron chi connectivity index (χ4n) is 12.8. The molecule has 13 aromatic rings. The molecule has 0 saturated carbocycles. The number of nitriles is 3. The van der Waals surface area contributed by atoms with Crippen LogP contribution in [0.4, 0.5) is 51.2 Å². The van der Waals surface area contributed by atoms with Gasteiger partial charge in [-0.1, -0.05) is 90.5 Å². The second kappa shape index (κ2) is 40.5. The van der Waals surface area contributed by atoms with E-state index < -0.39 is 52.7 Å². The number of ether oxygens (including phenoxy) is 2. The lowest BCUT2D eigenvalue weighted by atomic mass is 10.0. The Morgan fingerprint density at radius 1 is 0.477 bits per heavy atom. The summed E-state index contributed by atoms with van der Waals surface area (Å²) < 4.78 is 60.5. The number of fused-ring (bicyclic) bond motifs is 3. The van der Waals surface area contributed by atoms with E-state index in [0.29, 0.717) is 46.2 Å². The van der Waals surface area contributed by atoms with Crippen molar-refractivity contribution in [2.75, 3.05) is 27.0 Å². The Balaban J connectivity index is 0.000000156. The first-order chi connectivity index (χ1) is 60.9. The van der Waals surface area contributed by atoms with Crippen LogP contribution in [0, 0.1) is 51.4 Å². The van der Waals surface area contributed by atoms with Crippen molar-refractivity contribution in [1.29, 1.82) is 15.8 Å². The molecule has 0 bridgehead atoms. The van der Waals surface area contributed by atoms with E-state index in [9.17, 15) is 72.1 Å². The van der Waals surface area contributed by atoms with Crippen molar-refractivity contribution in [3.63, 3.8) is 0 Å². The fraction of sp³-hybridized carbons (Fsp3) is 0.191. The number of benzene rings is 5. The van der Waals surface area contributed by atoms with Crippen molar-refractivity contribution in [2.24, 2.45) is 0 Å². The maximum absolute atomic E-state index is 14.8. The second-order valence-corrected chi connectivity index (χ2v) is 30.6. The summed E-state index contributed by atoms with van der Waals surface area (Å²) in [5, 5.41) is 64.1. The molecule has 9 amide bonds. The van der Waals surface area contributed by atoms with Crippen LogP contribution in [0.3, 0.4) is 0 Å². The minimum Gasteiger partial charge on any atom is -0.443 e. The Labute approximate surface area is 733 Å². The van der Waals surface area contributed by atoms with Gasteiger partial charge in [0.25, 0.3) is 17.7 Å². The third kappa shape index (κ3) is 23.5. The summed E-state index contributed by atoms with van der Waals surface area (Å²) in [5.41, 5.74) is 11.9. The molecule has 35 nitrogen and oxygen atoms in total. The zero-order valence-corrected chi connectivity index (χ0v) is 70.9. The summed E-state index contributed by atoms with van der Waals surface area (Å²) in [4.78, 5) is 122. The summed E-state index contributed by atoms with van der Waals surface area (Å²) in [6.45, 7) is 17.0. The molecule has 8 N–H and O–H groups in total. The Bertz CT molecular complexity index is 6540. The third-order valence-corrected chi connectivity index (χ3v) is 18.2. The van der Waals surface area contributed by atoms with Crippen molar-refractivity contribution in [2.45, 2.75) is 113 Å². The number of anilines is 5. The highest BCUT2D eigenvalue weighted by Crippen LogP contribution is 2.38. The predicted octanol–water partition coefficient (Wildman–Crippen LogP) is 14.0. The van der Waals surface area contributed by atoms with Crippen molar-refractivity contribution >= 4 is 93.6 Å². The van der Waals surface area contributed by atoms with Gasteiger partial charge in [0.2, 0.25) is 23.6 Å². The van der Waals surface area contributed by atoms with E-state index >= 15 is 0 Å². The lowest BCUT2D eigenvalue weighted by molar-refractivity contribution is -0.115. The molecule has 0 atom stereocenters. The number of carbonyl (C=O) groups excluding carboxylic acids is 9. The van der Waals surface area contributed by atoms with Crippen LogP contribution in [0.15, 0.2) is 195 Å². The standard InChI is InChI=1S/C24H21FN6O4.C19H15ClFN3O3.C19H13FN6O2.C12H13N3O.C10H11N3.C5H7N3O/c1-13(32)28-15-10-27-31(11-15)19-8-17(20-14(9-26)6-5-7-16(20)25)29-18-12-30(22(33)21(18)19)23(34)35-24(2,3)4;1-19(2,3)27-18(26)24-9-14-16(17(24)25)11(20)7-13(23-14)15-10(8-22)5-4-6-12(15)21;1-10(27)24-12-7-23-26(9-12)16-5-14(25-15-8-22-19(28)18(15)16)17-11(6-21)3-2-4-13(17)20;1-10(16)14-12-7-13-15(9-12)8-11-5-3-2-4-6-11;11-10-6-12-13(8-10)7-9-4-2-1-3-5-9;1-4(9)8-5-2-6-7-3-5/h5-8,10-11H,12H2,1-4H3,(H,28,32);4-7H,9H2,1-3H3;2-5,7,9H,8H2,1H3,(H,22,28)(H,24,27);2-7,9H,8H2,1H3,(H,14,16);1-6,8H,7,11H2;2-3H,1H3,(H,6,7)(H,8,9). The minimum absolute atomic E-state index is 0.00660. The molecule has 0 aliphatic carbocycles. The summed E-state index contributed by atoms with van der Waals surface area (Å²) in [6, 6.07) is 42.6. The lowest BCUT2D eigenvalue weighted by Gasteiger charge is -2.23. The molecular formula is C89H80ClF3N24O11. The molecule has 39 heteroatoms. The first-order valence-electron chi connectivity index (χ1n) is 38.7. The maximum atomic E-state index is 14.8. The van der Waals surface area contributed by atoms with E-state index in [0.717, 1.165) is 22.0 Å². The van der Waals surface area contributed by atoms with Gasteiger partial charge in [-0.25, -0.2) is 56.9 Å². The smallest absolute Gasteiger partial charge is 0.417 e. The van der Waals surface area contributed by atoms with Gasteiger partial charge < -0.3 is 41.8 Å². The number of aromatic amines is 1. The van der Waals surface area contributed by atoms with Crippen molar-refractivity contribution in [1.82, 2.24) is 79.4 Å². The van der Waals surface area contributed by atoms with Gasteiger partial charge in [-0.3, -0.25) is 48.0 Å². The molecule has 16 rings (SSSR count). The molecule has 0 spiro atoms. The van der Waals surface area contributed by atoms with Crippen molar-refractivity contribution in [3.05, 3.63) is 279 Å². The number of nitrogens with zero attached hydrogens (tertiary/aromatic N) is 17. The second-order valence-electron chi connectivity index (χ2n) is 30.2. The van der Waals surface area contributed by atoms with Crippen LogP contribution in [0.25, 0.3) is 45.1 Å². The molecule has 0 radical (unpaired) electrons. The third-order valence-electron chi connectivity index (χ3n) is 17.9. The van der Waals surface area contributed by atoms with E-state index in [-0.39, 0.29) is 133 Å². The average molecular weight is 1750 g/mol. The lowest BCUT2D eigenvalue weighted by Crippen LogP contribution is -2.37. The number of pyridine rings is 3. The monoisotopic (exact) mass is 1750 g/mol. The highest BCUT2D eigenvalue weighted by Gasteiger charge is 2.41. The number of halogens is 4. The first kappa shape index (κ1) is 91.9. The molecule has 0 fully saturated rings. The Kier molecular flexibility index (Phi) is 29.0. The van der Waals surface area contributed by atoms with Crippen molar-refractivity contribution in [3.8, 4) is 63.4 Å². The van der Waals surface area contributed by atoms with Crippen LogP contribution in [-0.4, -0.2) is 139 Å². The molecule has 0 saturated heterocycles. The van der Waals surface area contributed by atoms with Crippen molar-refractivity contribution < 1.29 is 65.8 Å². The zero-order valence-electron chi connectivity index (χ0n) is 70.2. The largest absolute Gasteiger partial charge is 0.443 e. The van der Waals surface area contributed by atoms with E-state index in [1.165, 1.54) is 140 Å². The molecule has 8 aromatic heterocycles. The molecule has 3 aliphatic rings. The molecule has 3 aliphatic heterocycles. The Morgan fingerprint density at radius 2 is 0.867 bits per heavy atom. The van der Waals surface area contributed by atoms with Gasteiger partial charge in [0, 0.05) is 46.3 Å². The van der Waals surface area contributed by atoms with E-state index in [2.05, 4.69) is 84.3 Å². The van der Waals surface area contributed by atoms with Crippen LogP contribution in [0.1, 0.15) is 145 Å². The number of nitrogen functional groups attached to an aromatic ring is 1. The van der Waals surface area contributed by atoms with Gasteiger partial charge in [-0.15, -0.1) is 0 Å². The van der Waals surface area contributed by atoms with Gasteiger partial charge >= 0.3 is 12.2 Å². The summed E-state index contributed by atoms with van der Waals surface area (Å²) >= 11 is 6.23. The topological polar surface area (TPSA) is 475 Å². The zero-order chi connectivity index (χ0) is 92.4. The molecule has 11 heterocycles. The molecule has 128 heavy (non-hydrogen) atoms. The number of carbonyl (C=O) groups is 9. The summed E-state index contributed by atoms with van der Waals surface area (Å²) in [7, 11) is 0. The normalized spacial score (nSPS) is 11.9. The van der Waals surface area contributed by atoms with E-state index in [1.54, 1.807) is 77.2 Å². The van der Waals surface area contributed by atoms with Crippen LogP contribution < -0.4 is 32.3 Å². The van der Waals surface area contributed by atoms with Crippen LogP contribution in [0.2, 0.25) is 5.02 Å². The summed E-state index contributed by atoms with van der Waals surface area (Å²) in [5.74, 6) is -4.25. The number of amides is 9. The number of nitrogens with one attached hydrogen (secondary N) is 6. The van der Waals surface area contributed by atoms with E-state index in [4.69, 9.17) is 26.8 Å². The SMILES string of the molecule is CC(=O)Nc1cn[nH]c1.CC(=O)Nc1cnn(-c2cc(-c3c(F)cccc3C#N)nc3c2C(=O)N(C(=O)OC(C)(C)C)C3)c1.CC(=O)Nc1cnn(-c2cc(-c3c(F)cccc3C#N)nc3c2C(=O)NC3)c1.CC(=O)Nc1cnn(Cc2ccccc2)c1.CC(C)(C)OC(=O)N1Cc2nc(-c3c(F)cccc3C#N)cc(Cl)c2C1=O.Nc1cnn(Cc2ccccc2)c1. The number of H-pyrrole nitrogens is 1. The number of imide groups is 2. The van der Waals surface area contributed by atoms with Gasteiger partial charge in [-0.2, -0.15) is 41.3 Å². The van der Waals surface area contributed by atoms with E-state index in [1.807, 2.05) is 83.8 Å². The van der Waals surface area contributed by atoms with Crippen LogP contribution in [0.5, 0.6) is 0 Å². The Hall–Kier alpha value is -16.8. The van der Waals surface area contributed by atoms with Gasteiger partial charge in [-0.05, 0) is 107 Å². The van der Waals surface area contributed by atoms with Gasteiger partial charge in [0.15, 0.2) is 0 Å².